The molecule has 1 aromatic rings. The van der Waals surface area contributed by atoms with Gasteiger partial charge in [0, 0.05) is 18.3 Å². The molecule has 2 N–H and O–H groups in total. The number of benzene rings is 1. The quantitative estimate of drug-likeness (QED) is 0.841. The molecular formula is C13H16FN3. The van der Waals surface area contributed by atoms with Crippen LogP contribution < -0.4 is 10.6 Å². The van der Waals surface area contributed by atoms with E-state index in [4.69, 9.17) is 5.26 Å². The first-order valence-corrected chi connectivity index (χ1v) is 5.96. The minimum atomic E-state index is -0.464. The van der Waals surface area contributed by atoms with E-state index in [1.54, 1.807) is 6.07 Å². The number of hydrogen-bond donors (Lipinski definition) is 2. The second-order valence-electron chi connectivity index (χ2n) is 4.33. The molecule has 0 spiro atoms. The number of nitriles is 1. The minimum Gasteiger partial charge on any atom is -0.383 e. The molecule has 0 radical (unpaired) electrons. The maximum atomic E-state index is 13.3. The fourth-order valence-electron chi connectivity index (χ4n) is 2.06. The van der Waals surface area contributed by atoms with Crippen LogP contribution in [0.3, 0.4) is 0 Å². The molecule has 3 nitrogen and oxygen atoms in total. The van der Waals surface area contributed by atoms with Gasteiger partial charge in [-0.3, -0.25) is 0 Å². The maximum absolute atomic E-state index is 13.3. The largest absolute Gasteiger partial charge is 0.383 e. The van der Waals surface area contributed by atoms with Crippen LogP contribution in [0.4, 0.5) is 10.1 Å². The third kappa shape index (κ3) is 3.18. The first-order valence-electron chi connectivity index (χ1n) is 5.96. The summed E-state index contributed by atoms with van der Waals surface area (Å²) in [4.78, 5) is 0. The van der Waals surface area contributed by atoms with E-state index in [1.165, 1.54) is 25.0 Å². The van der Waals surface area contributed by atoms with Gasteiger partial charge < -0.3 is 10.6 Å². The predicted molar refractivity (Wildman–Crippen MR) is 65.2 cm³/mol. The summed E-state index contributed by atoms with van der Waals surface area (Å²) in [6, 6.07) is 6.90. The second-order valence-corrected chi connectivity index (χ2v) is 4.33. The Kier molecular flexibility index (Phi) is 3.94. The van der Waals surface area contributed by atoms with Crippen molar-refractivity contribution >= 4 is 5.69 Å². The standard InChI is InChI=1S/C13H16FN3/c14-13-7-11(5-4-10(13)8-15)17-9-12-3-1-2-6-16-12/h4-5,7,12,16-17H,1-3,6,9H2/t12-/m0/s1. The lowest BCUT2D eigenvalue weighted by atomic mass is 10.1. The summed E-state index contributed by atoms with van der Waals surface area (Å²) in [6.07, 6.45) is 3.65. The molecule has 1 atom stereocenters. The molecule has 1 heterocycles. The van der Waals surface area contributed by atoms with E-state index in [2.05, 4.69) is 10.6 Å². The van der Waals surface area contributed by atoms with Gasteiger partial charge in [-0.2, -0.15) is 5.26 Å². The van der Waals surface area contributed by atoms with Gasteiger partial charge in [0.2, 0.25) is 0 Å². The Labute approximate surface area is 101 Å². The predicted octanol–water partition coefficient (Wildman–Crippen LogP) is 2.25. The molecule has 0 aliphatic carbocycles. The van der Waals surface area contributed by atoms with Gasteiger partial charge in [0.15, 0.2) is 0 Å². The molecule has 1 aliphatic heterocycles. The van der Waals surface area contributed by atoms with Crippen LogP contribution in [0.5, 0.6) is 0 Å². The average molecular weight is 233 g/mol. The van der Waals surface area contributed by atoms with E-state index < -0.39 is 5.82 Å². The normalized spacial score (nSPS) is 19.6. The molecule has 4 heteroatoms. The first kappa shape index (κ1) is 11.9. The van der Waals surface area contributed by atoms with Crippen molar-refractivity contribution in [1.82, 2.24) is 5.32 Å². The lowest BCUT2D eigenvalue weighted by Gasteiger charge is -2.24. The Morgan fingerprint density at radius 1 is 1.47 bits per heavy atom. The Balaban J connectivity index is 1.90. The fourth-order valence-corrected chi connectivity index (χ4v) is 2.06. The van der Waals surface area contributed by atoms with Gasteiger partial charge in [0.1, 0.15) is 11.9 Å². The van der Waals surface area contributed by atoms with Crippen LogP contribution in [0.2, 0.25) is 0 Å². The van der Waals surface area contributed by atoms with Crippen LogP contribution in [-0.2, 0) is 0 Å². The first-order chi connectivity index (χ1) is 8.29. The second kappa shape index (κ2) is 5.65. The van der Waals surface area contributed by atoms with E-state index in [9.17, 15) is 4.39 Å². The highest BCUT2D eigenvalue weighted by Crippen LogP contribution is 2.14. The van der Waals surface area contributed by atoms with Crippen LogP contribution in [0, 0.1) is 17.1 Å². The highest BCUT2D eigenvalue weighted by molar-refractivity contribution is 5.48. The molecule has 0 amide bonds. The molecule has 17 heavy (non-hydrogen) atoms. The van der Waals surface area contributed by atoms with Crippen molar-refractivity contribution in [2.75, 3.05) is 18.4 Å². The molecule has 0 saturated carbocycles. The number of nitrogens with one attached hydrogen (secondary N) is 2. The summed E-state index contributed by atoms with van der Waals surface area (Å²) in [5.41, 5.74) is 0.820. The van der Waals surface area contributed by atoms with Crippen LogP contribution in [-0.4, -0.2) is 19.1 Å². The number of nitrogens with zero attached hydrogens (tertiary/aromatic N) is 1. The SMILES string of the molecule is N#Cc1ccc(NC[C@@H]2CCCCN2)cc1F. The Morgan fingerprint density at radius 2 is 2.35 bits per heavy atom. The zero-order valence-electron chi connectivity index (χ0n) is 9.67. The van der Waals surface area contributed by atoms with Crippen molar-refractivity contribution in [2.45, 2.75) is 25.3 Å². The van der Waals surface area contributed by atoms with E-state index >= 15 is 0 Å². The molecule has 0 aromatic heterocycles. The van der Waals surface area contributed by atoms with Crippen molar-refractivity contribution < 1.29 is 4.39 Å². The summed E-state index contributed by atoms with van der Waals surface area (Å²) in [6.45, 7) is 1.86. The number of anilines is 1. The summed E-state index contributed by atoms with van der Waals surface area (Å²) in [7, 11) is 0. The van der Waals surface area contributed by atoms with E-state index in [0.29, 0.717) is 6.04 Å². The minimum absolute atomic E-state index is 0.0892. The number of halogens is 1. The molecular weight excluding hydrogens is 217 g/mol. The molecule has 1 saturated heterocycles. The van der Waals surface area contributed by atoms with Gasteiger partial charge in [-0.15, -0.1) is 0 Å². The Bertz CT molecular complexity index is 419. The molecule has 1 fully saturated rings. The maximum Gasteiger partial charge on any atom is 0.143 e. The molecule has 1 aliphatic rings. The van der Waals surface area contributed by atoms with Crippen molar-refractivity contribution in [3.05, 3.63) is 29.6 Å². The van der Waals surface area contributed by atoms with Gasteiger partial charge in [-0.25, -0.2) is 4.39 Å². The molecule has 2 rings (SSSR count). The molecule has 90 valence electrons. The van der Waals surface area contributed by atoms with E-state index in [1.807, 2.05) is 6.07 Å². The highest BCUT2D eigenvalue weighted by Gasteiger charge is 2.12. The van der Waals surface area contributed by atoms with Crippen LogP contribution >= 0.6 is 0 Å². The highest BCUT2D eigenvalue weighted by atomic mass is 19.1. The molecule has 1 aromatic carbocycles. The van der Waals surface area contributed by atoms with Crippen molar-refractivity contribution in [1.29, 1.82) is 5.26 Å². The van der Waals surface area contributed by atoms with Crippen molar-refractivity contribution in [3.8, 4) is 6.07 Å². The van der Waals surface area contributed by atoms with Gasteiger partial charge >= 0.3 is 0 Å². The summed E-state index contributed by atoms with van der Waals surface area (Å²) in [5.74, 6) is -0.464. The number of hydrogen-bond acceptors (Lipinski definition) is 3. The van der Waals surface area contributed by atoms with E-state index in [0.717, 1.165) is 25.2 Å². The monoisotopic (exact) mass is 233 g/mol. The van der Waals surface area contributed by atoms with Gasteiger partial charge in [0.05, 0.1) is 5.56 Å². The lowest BCUT2D eigenvalue weighted by Crippen LogP contribution is -2.39. The fraction of sp³-hybridized carbons (Fsp3) is 0.462. The summed E-state index contributed by atoms with van der Waals surface area (Å²) >= 11 is 0. The van der Waals surface area contributed by atoms with Gasteiger partial charge in [0.25, 0.3) is 0 Å². The average Bonchev–Trinajstić information content (AvgIpc) is 2.38. The van der Waals surface area contributed by atoms with Crippen molar-refractivity contribution in [2.24, 2.45) is 0 Å². The Morgan fingerprint density at radius 3 is 3.00 bits per heavy atom. The smallest absolute Gasteiger partial charge is 0.143 e. The zero-order chi connectivity index (χ0) is 12.1. The molecule has 0 bridgehead atoms. The third-order valence-corrected chi connectivity index (χ3v) is 3.05. The van der Waals surface area contributed by atoms with Crippen LogP contribution in [0.15, 0.2) is 18.2 Å². The topological polar surface area (TPSA) is 47.9 Å². The number of rotatable bonds is 3. The van der Waals surface area contributed by atoms with E-state index in [-0.39, 0.29) is 5.56 Å². The van der Waals surface area contributed by atoms with Gasteiger partial charge in [-0.1, -0.05) is 6.42 Å². The number of piperidine rings is 1. The van der Waals surface area contributed by atoms with Gasteiger partial charge in [-0.05, 0) is 37.6 Å². The summed E-state index contributed by atoms with van der Waals surface area (Å²) in [5, 5.41) is 15.2. The van der Waals surface area contributed by atoms with Crippen LogP contribution in [0.1, 0.15) is 24.8 Å². The van der Waals surface area contributed by atoms with Crippen molar-refractivity contribution in [3.63, 3.8) is 0 Å². The van der Waals surface area contributed by atoms with Crippen LogP contribution in [0.25, 0.3) is 0 Å². The molecule has 0 unspecified atom stereocenters. The Hall–Kier alpha value is -1.60. The summed E-state index contributed by atoms with van der Waals surface area (Å²) < 4.78 is 13.3. The lowest BCUT2D eigenvalue weighted by molar-refractivity contribution is 0.414. The zero-order valence-corrected chi connectivity index (χ0v) is 9.67. The third-order valence-electron chi connectivity index (χ3n) is 3.05.